The van der Waals surface area contributed by atoms with Crippen LogP contribution in [0, 0.1) is 6.92 Å². The fourth-order valence-corrected chi connectivity index (χ4v) is 4.44. The largest absolute Gasteiger partial charge is 0.490 e. The van der Waals surface area contributed by atoms with Crippen molar-refractivity contribution in [2.45, 2.75) is 37.2 Å². The van der Waals surface area contributed by atoms with Gasteiger partial charge in [0.15, 0.2) is 9.84 Å². The number of hydrogen-bond acceptors (Lipinski definition) is 6. The number of amides is 1. The number of ether oxygens (including phenoxy) is 1. The smallest absolute Gasteiger partial charge is 0.339 e. The molecule has 28 heavy (non-hydrogen) atoms. The molecule has 0 atom stereocenters. The van der Waals surface area contributed by atoms with Crippen LogP contribution in [0.5, 0.6) is 5.75 Å². The maximum absolute atomic E-state index is 12.4. The predicted octanol–water partition coefficient (Wildman–Crippen LogP) is 2.18. The first-order valence-corrected chi connectivity index (χ1v) is 10.8. The van der Waals surface area contributed by atoms with Crippen molar-refractivity contribution in [3.63, 3.8) is 0 Å². The normalized spacial score (nSPS) is 15.4. The van der Waals surface area contributed by atoms with Crippen molar-refractivity contribution >= 4 is 15.7 Å². The highest BCUT2D eigenvalue weighted by atomic mass is 32.2. The van der Waals surface area contributed by atoms with Gasteiger partial charge in [-0.3, -0.25) is 4.79 Å². The summed E-state index contributed by atoms with van der Waals surface area (Å²) in [5, 5.41) is 0. The van der Waals surface area contributed by atoms with Crippen LogP contribution in [0.2, 0.25) is 0 Å². The summed E-state index contributed by atoms with van der Waals surface area (Å²) in [4.78, 5) is 25.7. The number of likely N-dealkylation sites (tertiary alicyclic amines) is 1. The molecule has 1 amide bonds. The van der Waals surface area contributed by atoms with Crippen LogP contribution in [0.4, 0.5) is 0 Å². The quantitative estimate of drug-likeness (QED) is 0.731. The van der Waals surface area contributed by atoms with Gasteiger partial charge in [-0.2, -0.15) is 0 Å². The molecule has 150 valence electrons. The number of nitrogens with zero attached hydrogens (tertiary/aromatic N) is 1. The van der Waals surface area contributed by atoms with E-state index in [1.807, 2.05) is 0 Å². The van der Waals surface area contributed by atoms with E-state index in [9.17, 15) is 18.0 Å². The molecular weight excluding hydrogens is 382 g/mol. The van der Waals surface area contributed by atoms with E-state index in [-0.39, 0.29) is 29.1 Å². The highest BCUT2D eigenvalue weighted by Crippen LogP contribution is 2.20. The minimum absolute atomic E-state index is 0.0400. The lowest BCUT2D eigenvalue weighted by atomic mass is 10.1. The SMILES string of the molecule is Cc1cc(OC2CCN(C(=O)CCS(=O)(=O)c3ccccc3)CC2)cc(=O)o1. The molecule has 0 N–H and O–H groups in total. The molecule has 1 aromatic heterocycles. The first-order valence-electron chi connectivity index (χ1n) is 9.17. The van der Waals surface area contributed by atoms with Crippen LogP contribution in [0.3, 0.4) is 0 Å². The predicted molar refractivity (Wildman–Crippen MR) is 103 cm³/mol. The summed E-state index contributed by atoms with van der Waals surface area (Å²) in [6.07, 6.45) is 1.10. The Balaban J connectivity index is 1.49. The monoisotopic (exact) mass is 405 g/mol. The lowest BCUT2D eigenvalue weighted by Gasteiger charge is -2.32. The summed E-state index contributed by atoms with van der Waals surface area (Å²) in [6.45, 7) is 2.67. The van der Waals surface area contributed by atoms with E-state index in [1.54, 1.807) is 36.1 Å². The zero-order valence-corrected chi connectivity index (χ0v) is 16.5. The Morgan fingerprint density at radius 2 is 1.86 bits per heavy atom. The Morgan fingerprint density at radius 3 is 2.50 bits per heavy atom. The molecule has 0 unspecified atom stereocenters. The van der Waals surface area contributed by atoms with Gasteiger partial charge >= 0.3 is 5.63 Å². The molecule has 0 spiro atoms. The topological polar surface area (TPSA) is 93.9 Å². The number of benzene rings is 1. The number of carbonyl (C=O) groups is 1. The molecule has 1 aliphatic heterocycles. The highest BCUT2D eigenvalue weighted by molar-refractivity contribution is 7.91. The van der Waals surface area contributed by atoms with Gasteiger partial charge in [0, 0.05) is 38.4 Å². The summed E-state index contributed by atoms with van der Waals surface area (Å²) in [5.41, 5.74) is -0.456. The molecule has 8 heteroatoms. The summed E-state index contributed by atoms with van der Waals surface area (Å²) < 4.78 is 35.3. The van der Waals surface area contributed by atoms with Gasteiger partial charge in [0.2, 0.25) is 5.91 Å². The van der Waals surface area contributed by atoms with Crippen molar-refractivity contribution in [1.82, 2.24) is 4.90 Å². The number of sulfone groups is 1. The van der Waals surface area contributed by atoms with Crippen molar-refractivity contribution in [3.05, 3.63) is 58.6 Å². The Labute approximate surface area is 163 Å². The second-order valence-electron chi connectivity index (χ2n) is 6.80. The van der Waals surface area contributed by atoms with Gasteiger partial charge in [-0.25, -0.2) is 13.2 Å². The van der Waals surface area contributed by atoms with Gasteiger partial charge in [0.05, 0.1) is 16.7 Å². The van der Waals surface area contributed by atoms with Crippen LogP contribution in [0.1, 0.15) is 25.0 Å². The second kappa shape index (κ2) is 8.60. The summed E-state index contributed by atoms with van der Waals surface area (Å²) in [6, 6.07) is 11.1. The van der Waals surface area contributed by atoms with E-state index in [1.165, 1.54) is 18.2 Å². The van der Waals surface area contributed by atoms with Crippen LogP contribution in [0.15, 0.2) is 56.6 Å². The molecule has 1 fully saturated rings. The van der Waals surface area contributed by atoms with Gasteiger partial charge in [-0.1, -0.05) is 18.2 Å². The van der Waals surface area contributed by atoms with E-state index in [2.05, 4.69) is 0 Å². The van der Waals surface area contributed by atoms with E-state index in [4.69, 9.17) is 9.15 Å². The Morgan fingerprint density at radius 1 is 1.18 bits per heavy atom. The molecule has 0 saturated carbocycles. The van der Waals surface area contributed by atoms with E-state index < -0.39 is 15.5 Å². The van der Waals surface area contributed by atoms with Gasteiger partial charge in [0.25, 0.3) is 0 Å². The zero-order valence-electron chi connectivity index (χ0n) is 15.7. The molecule has 0 radical (unpaired) electrons. The van der Waals surface area contributed by atoms with Crippen LogP contribution in [-0.2, 0) is 14.6 Å². The molecule has 1 aliphatic rings. The molecule has 2 heterocycles. The third-order valence-electron chi connectivity index (χ3n) is 4.65. The van der Waals surface area contributed by atoms with Gasteiger partial charge < -0.3 is 14.1 Å². The molecule has 3 rings (SSSR count). The van der Waals surface area contributed by atoms with Crippen LogP contribution in [0.25, 0.3) is 0 Å². The van der Waals surface area contributed by atoms with Crippen molar-refractivity contribution in [2.75, 3.05) is 18.8 Å². The third kappa shape index (κ3) is 5.22. The Bertz CT molecular complexity index is 975. The Kier molecular flexibility index (Phi) is 6.18. The first kappa shape index (κ1) is 20.1. The summed E-state index contributed by atoms with van der Waals surface area (Å²) >= 11 is 0. The number of carbonyl (C=O) groups excluding carboxylic acids is 1. The minimum atomic E-state index is -3.46. The van der Waals surface area contributed by atoms with Crippen molar-refractivity contribution in [1.29, 1.82) is 0 Å². The lowest BCUT2D eigenvalue weighted by molar-refractivity contribution is -0.132. The summed E-state index contributed by atoms with van der Waals surface area (Å²) in [5.74, 6) is 0.571. The van der Waals surface area contributed by atoms with Gasteiger partial charge in [-0.05, 0) is 19.1 Å². The van der Waals surface area contributed by atoms with Crippen molar-refractivity contribution < 1.29 is 22.4 Å². The number of rotatable bonds is 6. The fourth-order valence-electron chi connectivity index (χ4n) is 3.18. The molecule has 2 aromatic rings. The molecular formula is C20H23NO6S. The number of piperidine rings is 1. The average molecular weight is 405 g/mol. The molecule has 7 nitrogen and oxygen atoms in total. The maximum atomic E-state index is 12.4. The molecule has 1 saturated heterocycles. The van der Waals surface area contributed by atoms with E-state index in [0.29, 0.717) is 37.4 Å². The van der Waals surface area contributed by atoms with Crippen molar-refractivity contribution in [2.24, 2.45) is 0 Å². The molecule has 1 aromatic carbocycles. The zero-order chi connectivity index (χ0) is 20.1. The maximum Gasteiger partial charge on any atom is 0.339 e. The van der Waals surface area contributed by atoms with E-state index in [0.717, 1.165) is 0 Å². The highest BCUT2D eigenvalue weighted by Gasteiger charge is 2.25. The van der Waals surface area contributed by atoms with E-state index >= 15 is 0 Å². The second-order valence-corrected chi connectivity index (χ2v) is 8.91. The number of hydrogen-bond donors (Lipinski definition) is 0. The standard InChI is InChI=1S/C20H23NO6S/c1-15-13-17(14-20(23)26-15)27-16-7-10-21(11-8-16)19(22)9-12-28(24,25)18-5-3-2-4-6-18/h2-6,13-14,16H,7-12H2,1H3. The van der Waals surface area contributed by atoms with Crippen LogP contribution in [-0.4, -0.2) is 44.2 Å². The van der Waals surface area contributed by atoms with Gasteiger partial charge in [0.1, 0.15) is 17.6 Å². The summed E-state index contributed by atoms with van der Waals surface area (Å²) in [7, 11) is -3.46. The third-order valence-corrected chi connectivity index (χ3v) is 6.38. The lowest BCUT2D eigenvalue weighted by Crippen LogP contribution is -2.42. The number of aryl methyl sites for hydroxylation is 1. The fraction of sp³-hybridized carbons (Fsp3) is 0.400. The first-order chi connectivity index (χ1) is 13.3. The minimum Gasteiger partial charge on any atom is -0.490 e. The molecule has 0 aliphatic carbocycles. The average Bonchev–Trinajstić information content (AvgIpc) is 2.67. The van der Waals surface area contributed by atoms with Gasteiger partial charge in [-0.15, -0.1) is 0 Å². The van der Waals surface area contributed by atoms with Crippen LogP contribution >= 0.6 is 0 Å². The van der Waals surface area contributed by atoms with Crippen LogP contribution < -0.4 is 10.4 Å². The molecule has 0 bridgehead atoms. The van der Waals surface area contributed by atoms with Crippen molar-refractivity contribution in [3.8, 4) is 5.75 Å². The Hall–Kier alpha value is -2.61.